The van der Waals surface area contributed by atoms with Crippen molar-refractivity contribution < 1.29 is 0 Å². The highest BCUT2D eigenvalue weighted by Crippen LogP contribution is 2.09. The van der Waals surface area contributed by atoms with Crippen molar-refractivity contribution in [3.63, 3.8) is 0 Å². The van der Waals surface area contributed by atoms with Gasteiger partial charge in [-0.2, -0.15) is 5.10 Å². The van der Waals surface area contributed by atoms with Crippen LogP contribution in [0.3, 0.4) is 0 Å². The summed E-state index contributed by atoms with van der Waals surface area (Å²) in [4.78, 5) is 6.37. The molecule has 2 heterocycles. The predicted molar refractivity (Wildman–Crippen MR) is 58.5 cm³/mol. The topological polar surface area (TPSA) is 46.0 Å². The number of likely N-dealkylation sites (N-methyl/N-ethyl adjacent to an activating group) is 1. The molecule has 0 aliphatic carbocycles. The third-order valence-electron chi connectivity index (χ3n) is 3.08. The molecule has 1 N–H and O–H groups in total. The second kappa shape index (κ2) is 5.23. The van der Waals surface area contributed by atoms with Crippen molar-refractivity contribution >= 4 is 0 Å². The van der Waals surface area contributed by atoms with Gasteiger partial charge in [0, 0.05) is 12.6 Å². The number of piperidine rings is 1. The molecule has 0 amide bonds. The molecule has 0 radical (unpaired) electrons. The van der Waals surface area contributed by atoms with Crippen molar-refractivity contribution in [1.82, 2.24) is 25.0 Å². The zero-order valence-corrected chi connectivity index (χ0v) is 9.26. The van der Waals surface area contributed by atoms with Gasteiger partial charge in [0.15, 0.2) is 0 Å². The van der Waals surface area contributed by atoms with Crippen LogP contribution in [0, 0.1) is 0 Å². The molecule has 1 fully saturated rings. The molecule has 1 aromatic rings. The molecule has 0 bridgehead atoms. The molecule has 0 aromatic carbocycles. The van der Waals surface area contributed by atoms with Crippen LogP contribution in [-0.2, 0) is 6.54 Å². The van der Waals surface area contributed by atoms with Crippen LogP contribution in [-0.4, -0.2) is 52.4 Å². The van der Waals surface area contributed by atoms with Gasteiger partial charge in [0.1, 0.15) is 12.7 Å². The quantitative estimate of drug-likeness (QED) is 0.756. The number of nitrogens with one attached hydrogen (secondary N) is 1. The van der Waals surface area contributed by atoms with Gasteiger partial charge in [-0.25, -0.2) is 4.98 Å². The Morgan fingerprint density at radius 2 is 2.27 bits per heavy atom. The van der Waals surface area contributed by atoms with Crippen LogP contribution in [0.2, 0.25) is 0 Å². The Kier molecular flexibility index (Phi) is 3.69. The van der Waals surface area contributed by atoms with Crippen LogP contribution in [0.15, 0.2) is 12.7 Å². The highest BCUT2D eigenvalue weighted by atomic mass is 15.3. The average Bonchev–Trinajstić information content (AvgIpc) is 2.80. The lowest BCUT2D eigenvalue weighted by molar-refractivity contribution is 0.190. The van der Waals surface area contributed by atoms with Crippen molar-refractivity contribution in [3.8, 4) is 0 Å². The Balaban J connectivity index is 1.74. The van der Waals surface area contributed by atoms with E-state index in [0.29, 0.717) is 0 Å². The van der Waals surface area contributed by atoms with Crippen LogP contribution in [0.25, 0.3) is 0 Å². The summed E-state index contributed by atoms with van der Waals surface area (Å²) in [6, 6.07) is 0.731. The second-order valence-electron chi connectivity index (χ2n) is 4.12. The van der Waals surface area contributed by atoms with Crippen LogP contribution in [0.1, 0.15) is 12.8 Å². The van der Waals surface area contributed by atoms with E-state index >= 15 is 0 Å². The summed E-state index contributed by atoms with van der Waals surface area (Å²) >= 11 is 0. The summed E-state index contributed by atoms with van der Waals surface area (Å²) in [5.41, 5.74) is 0. The SMILES string of the molecule is CN(CCn1cncn1)C1CCNCC1. The number of rotatable bonds is 4. The molecule has 0 unspecified atom stereocenters. The van der Waals surface area contributed by atoms with Crippen molar-refractivity contribution in [3.05, 3.63) is 12.7 Å². The van der Waals surface area contributed by atoms with Gasteiger partial charge in [0.25, 0.3) is 0 Å². The summed E-state index contributed by atoms with van der Waals surface area (Å²) < 4.78 is 1.89. The van der Waals surface area contributed by atoms with Crippen LogP contribution in [0.4, 0.5) is 0 Å². The first-order valence-electron chi connectivity index (χ1n) is 5.59. The molecule has 0 spiro atoms. The third kappa shape index (κ3) is 3.00. The maximum Gasteiger partial charge on any atom is 0.137 e. The standard InChI is InChI=1S/C10H19N5/c1-14(10-2-4-11-5-3-10)6-7-15-9-12-8-13-15/h8-11H,2-7H2,1H3. The normalized spacial score (nSPS) is 18.5. The fourth-order valence-corrected chi connectivity index (χ4v) is 2.04. The molecule has 1 saturated heterocycles. The van der Waals surface area contributed by atoms with E-state index in [4.69, 9.17) is 0 Å². The first-order valence-corrected chi connectivity index (χ1v) is 5.59. The zero-order valence-electron chi connectivity index (χ0n) is 9.26. The molecule has 1 aliphatic heterocycles. The van der Waals surface area contributed by atoms with E-state index in [2.05, 4.69) is 27.3 Å². The van der Waals surface area contributed by atoms with Gasteiger partial charge in [0.05, 0.1) is 6.54 Å². The van der Waals surface area contributed by atoms with Gasteiger partial charge < -0.3 is 10.2 Å². The molecule has 1 aliphatic rings. The van der Waals surface area contributed by atoms with Crippen LogP contribution < -0.4 is 5.32 Å². The summed E-state index contributed by atoms with van der Waals surface area (Å²) in [7, 11) is 2.20. The van der Waals surface area contributed by atoms with E-state index in [-0.39, 0.29) is 0 Å². The van der Waals surface area contributed by atoms with Gasteiger partial charge in [0.2, 0.25) is 0 Å². The van der Waals surface area contributed by atoms with Crippen LogP contribution >= 0.6 is 0 Å². The van der Waals surface area contributed by atoms with E-state index in [0.717, 1.165) is 32.2 Å². The van der Waals surface area contributed by atoms with Crippen molar-refractivity contribution in [2.75, 3.05) is 26.7 Å². The van der Waals surface area contributed by atoms with Gasteiger partial charge in [-0.1, -0.05) is 0 Å². The fraction of sp³-hybridized carbons (Fsp3) is 0.800. The van der Waals surface area contributed by atoms with E-state index in [9.17, 15) is 0 Å². The maximum atomic E-state index is 4.10. The van der Waals surface area contributed by atoms with Gasteiger partial charge in [-0.3, -0.25) is 4.68 Å². The average molecular weight is 209 g/mol. The summed E-state index contributed by atoms with van der Waals surface area (Å²) in [6.45, 7) is 4.28. The molecule has 5 heteroatoms. The largest absolute Gasteiger partial charge is 0.317 e. The Labute approximate surface area is 90.5 Å². The van der Waals surface area contributed by atoms with E-state index < -0.39 is 0 Å². The van der Waals surface area contributed by atoms with Gasteiger partial charge >= 0.3 is 0 Å². The van der Waals surface area contributed by atoms with Gasteiger partial charge in [-0.15, -0.1) is 0 Å². The predicted octanol–water partition coefficient (Wildman–Crippen LogP) is -0.0381. The lowest BCUT2D eigenvalue weighted by Crippen LogP contribution is -2.42. The molecule has 0 atom stereocenters. The van der Waals surface area contributed by atoms with Gasteiger partial charge in [-0.05, 0) is 33.0 Å². The number of nitrogens with zero attached hydrogens (tertiary/aromatic N) is 4. The summed E-state index contributed by atoms with van der Waals surface area (Å²) in [6.07, 6.45) is 5.88. The van der Waals surface area contributed by atoms with Crippen molar-refractivity contribution in [1.29, 1.82) is 0 Å². The third-order valence-corrected chi connectivity index (χ3v) is 3.08. The lowest BCUT2D eigenvalue weighted by atomic mass is 10.1. The van der Waals surface area contributed by atoms with Crippen LogP contribution in [0.5, 0.6) is 0 Å². The molecule has 84 valence electrons. The Hall–Kier alpha value is -0.940. The fourth-order valence-electron chi connectivity index (χ4n) is 2.04. The first-order chi connectivity index (χ1) is 7.36. The first kappa shape index (κ1) is 10.6. The zero-order chi connectivity index (χ0) is 10.5. The minimum Gasteiger partial charge on any atom is -0.317 e. The number of aromatic nitrogens is 3. The molecule has 2 rings (SSSR count). The molecule has 0 saturated carbocycles. The highest BCUT2D eigenvalue weighted by Gasteiger charge is 2.16. The molecule has 1 aromatic heterocycles. The maximum absolute atomic E-state index is 4.10. The smallest absolute Gasteiger partial charge is 0.137 e. The molecular formula is C10H19N5. The molecule has 5 nitrogen and oxygen atoms in total. The minimum atomic E-state index is 0.731. The molecule has 15 heavy (non-hydrogen) atoms. The lowest BCUT2D eigenvalue weighted by Gasteiger charge is -2.31. The van der Waals surface area contributed by atoms with E-state index in [1.165, 1.54) is 12.8 Å². The number of hydrogen-bond acceptors (Lipinski definition) is 4. The Morgan fingerprint density at radius 1 is 1.47 bits per heavy atom. The van der Waals surface area contributed by atoms with Crippen molar-refractivity contribution in [2.45, 2.75) is 25.4 Å². The summed E-state index contributed by atoms with van der Waals surface area (Å²) in [5, 5.41) is 7.48. The van der Waals surface area contributed by atoms with E-state index in [1.54, 1.807) is 12.7 Å². The Bertz CT molecular complexity index is 265. The molecular weight excluding hydrogens is 190 g/mol. The minimum absolute atomic E-state index is 0.731. The van der Waals surface area contributed by atoms with E-state index in [1.807, 2.05) is 4.68 Å². The summed E-state index contributed by atoms with van der Waals surface area (Å²) in [5.74, 6) is 0. The monoisotopic (exact) mass is 209 g/mol. The highest BCUT2D eigenvalue weighted by molar-refractivity contribution is 4.75. The Morgan fingerprint density at radius 3 is 2.93 bits per heavy atom. The van der Waals surface area contributed by atoms with Crippen molar-refractivity contribution in [2.24, 2.45) is 0 Å². The second-order valence-corrected chi connectivity index (χ2v) is 4.12. The number of hydrogen-bond donors (Lipinski definition) is 1.